The van der Waals surface area contributed by atoms with E-state index in [-0.39, 0.29) is 0 Å². The van der Waals surface area contributed by atoms with Gasteiger partial charge in [-0.3, -0.25) is 0 Å². The first-order chi connectivity index (χ1) is 14.6. The second kappa shape index (κ2) is 22.7. The monoisotopic (exact) mass is 427 g/mol. The molecule has 1 atom stereocenters. The average Bonchev–Trinajstić information content (AvgIpc) is 2.78. The Bertz CT molecular complexity index is 442. The Morgan fingerprint density at radius 2 is 1.40 bits per heavy atom. The fourth-order valence-corrected chi connectivity index (χ4v) is 2.58. The number of ether oxygens (including phenoxy) is 3. The first-order valence-electron chi connectivity index (χ1n) is 11.7. The molecule has 0 fully saturated rings. The van der Waals surface area contributed by atoms with Crippen LogP contribution in [0, 0.1) is 0 Å². The van der Waals surface area contributed by atoms with Crippen molar-refractivity contribution in [3.8, 4) is 0 Å². The van der Waals surface area contributed by atoms with Crippen molar-refractivity contribution in [1.82, 2.24) is 4.90 Å². The van der Waals surface area contributed by atoms with E-state index in [1.165, 1.54) is 5.56 Å². The summed E-state index contributed by atoms with van der Waals surface area (Å²) in [5.41, 5.74) is 0.527. The van der Waals surface area contributed by atoms with Gasteiger partial charge in [0.1, 0.15) is 0 Å². The average molecular weight is 428 g/mol. The topological polar surface area (TPSA) is 51.2 Å². The Kier molecular flexibility index (Phi) is 23.6. The van der Waals surface area contributed by atoms with E-state index in [0.717, 1.165) is 25.8 Å². The van der Waals surface area contributed by atoms with Gasteiger partial charge >= 0.3 is 0 Å². The lowest BCUT2D eigenvalue weighted by atomic mass is 9.91. The fourth-order valence-electron chi connectivity index (χ4n) is 2.58. The molecule has 30 heavy (non-hydrogen) atoms. The van der Waals surface area contributed by atoms with Gasteiger partial charge in [0, 0.05) is 19.8 Å². The fraction of sp³-hybridized carbons (Fsp3) is 0.760. The molecule has 0 saturated heterocycles. The molecule has 0 aliphatic rings. The van der Waals surface area contributed by atoms with E-state index in [4.69, 9.17) is 14.2 Å². The van der Waals surface area contributed by atoms with Gasteiger partial charge < -0.3 is 24.2 Å². The molecule has 0 aliphatic carbocycles. The Morgan fingerprint density at radius 3 is 2.00 bits per heavy atom. The highest BCUT2D eigenvalue weighted by atomic mass is 16.5. The zero-order chi connectivity index (χ0) is 23.1. The molecule has 1 aromatic carbocycles. The summed E-state index contributed by atoms with van der Waals surface area (Å²) in [7, 11) is 4.05. The maximum Gasteiger partial charge on any atom is 0.0718 e. The maximum absolute atomic E-state index is 10.6. The number of rotatable bonds is 16. The van der Waals surface area contributed by atoms with Crippen LogP contribution in [0.25, 0.3) is 0 Å². The SMILES string of the molecule is CC.CC.CCC(O)(CCCOCCOCc1ccccc1)CCOCCN(C)C. The van der Waals surface area contributed by atoms with Crippen LogP contribution in [-0.4, -0.2) is 69.3 Å². The highest BCUT2D eigenvalue weighted by Gasteiger charge is 2.23. The Hall–Kier alpha value is -0.980. The number of hydrogen-bond acceptors (Lipinski definition) is 5. The summed E-state index contributed by atoms with van der Waals surface area (Å²) < 4.78 is 16.8. The summed E-state index contributed by atoms with van der Waals surface area (Å²) >= 11 is 0. The van der Waals surface area contributed by atoms with Crippen LogP contribution in [0.2, 0.25) is 0 Å². The second-order valence-corrected chi connectivity index (χ2v) is 7.00. The van der Waals surface area contributed by atoms with Gasteiger partial charge in [-0.05, 0) is 45.3 Å². The molecule has 0 heterocycles. The van der Waals surface area contributed by atoms with E-state index < -0.39 is 5.60 Å². The molecular weight excluding hydrogens is 378 g/mol. The van der Waals surface area contributed by atoms with Crippen LogP contribution in [0.3, 0.4) is 0 Å². The normalized spacial score (nSPS) is 12.4. The number of aliphatic hydroxyl groups is 1. The van der Waals surface area contributed by atoms with Crippen molar-refractivity contribution < 1.29 is 19.3 Å². The minimum Gasteiger partial charge on any atom is -0.390 e. The molecule has 0 aliphatic heterocycles. The smallest absolute Gasteiger partial charge is 0.0718 e. The van der Waals surface area contributed by atoms with Crippen LogP contribution in [0.15, 0.2) is 30.3 Å². The summed E-state index contributed by atoms with van der Waals surface area (Å²) in [5, 5.41) is 10.6. The van der Waals surface area contributed by atoms with Crippen molar-refractivity contribution in [1.29, 1.82) is 0 Å². The lowest BCUT2D eigenvalue weighted by Gasteiger charge is -2.27. The van der Waals surface area contributed by atoms with E-state index in [9.17, 15) is 5.11 Å². The zero-order valence-electron chi connectivity index (χ0n) is 20.8. The third kappa shape index (κ3) is 19.0. The van der Waals surface area contributed by atoms with Gasteiger partial charge in [-0.2, -0.15) is 0 Å². The molecule has 178 valence electrons. The molecule has 0 spiro atoms. The molecule has 1 N–H and O–H groups in total. The Morgan fingerprint density at radius 1 is 0.800 bits per heavy atom. The van der Waals surface area contributed by atoms with Crippen LogP contribution >= 0.6 is 0 Å². The lowest BCUT2D eigenvalue weighted by molar-refractivity contribution is -0.0207. The number of hydrogen-bond donors (Lipinski definition) is 1. The van der Waals surface area contributed by atoms with Crippen molar-refractivity contribution in [2.75, 3.05) is 53.7 Å². The molecular formula is C25H49NO4. The molecule has 1 aromatic rings. The van der Waals surface area contributed by atoms with Crippen molar-refractivity contribution in [2.24, 2.45) is 0 Å². The highest BCUT2D eigenvalue weighted by molar-refractivity contribution is 5.13. The molecule has 0 amide bonds. The standard InChI is InChI=1S/C21H37NO4.2C2H6/c1-4-21(23,12-15-25-16-13-22(2)3)11-8-14-24-17-18-26-19-20-9-6-5-7-10-20;2*1-2/h5-7,9-10,23H,4,8,11-19H2,1-3H3;2*1-2H3. The van der Waals surface area contributed by atoms with E-state index in [1.807, 2.05) is 66.9 Å². The molecule has 1 unspecified atom stereocenters. The molecule has 0 aromatic heterocycles. The third-order valence-corrected chi connectivity index (χ3v) is 4.47. The predicted molar refractivity (Wildman–Crippen MR) is 128 cm³/mol. The van der Waals surface area contributed by atoms with E-state index in [2.05, 4.69) is 17.0 Å². The van der Waals surface area contributed by atoms with Gasteiger partial charge in [-0.15, -0.1) is 0 Å². The van der Waals surface area contributed by atoms with E-state index in [0.29, 0.717) is 46.1 Å². The van der Waals surface area contributed by atoms with Crippen molar-refractivity contribution in [2.45, 2.75) is 72.5 Å². The predicted octanol–water partition coefficient (Wildman–Crippen LogP) is 5.16. The van der Waals surface area contributed by atoms with E-state index in [1.54, 1.807) is 0 Å². The van der Waals surface area contributed by atoms with Crippen LogP contribution in [-0.2, 0) is 20.8 Å². The second-order valence-electron chi connectivity index (χ2n) is 7.00. The van der Waals surface area contributed by atoms with Gasteiger partial charge in [-0.25, -0.2) is 0 Å². The van der Waals surface area contributed by atoms with Crippen LogP contribution in [0.1, 0.15) is 65.9 Å². The maximum atomic E-state index is 10.6. The van der Waals surface area contributed by atoms with E-state index >= 15 is 0 Å². The molecule has 5 nitrogen and oxygen atoms in total. The van der Waals surface area contributed by atoms with Gasteiger partial charge in [0.15, 0.2) is 0 Å². The van der Waals surface area contributed by atoms with Crippen molar-refractivity contribution in [3.05, 3.63) is 35.9 Å². The number of nitrogens with zero attached hydrogens (tertiary/aromatic N) is 1. The largest absolute Gasteiger partial charge is 0.390 e. The quantitative estimate of drug-likeness (QED) is 0.369. The Labute approximate surface area is 186 Å². The first kappa shape index (κ1) is 31.2. The molecule has 1 rings (SSSR count). The lowest BCUT2D eigenvalue weighted by Crippen LogP contribution is -2.30. The van der Waals surface area contributed by atoms with Gasteiger partial charge in [0.25, 0.3) is 0 Å². The first-order valence-corrected chi connectivity index (χ1v) is 11.7. The minimum atomic E-state index is -0.648. The van der Waals surface area contributed by atoms with Crippen LogP contribution in [0.5, 0.6) is 0 Å². The highest BCUT2D eigenvalue weighted by Crippen LogP contribution is 2.21. The van der Waals surface area contributed by atoms with Gasteiger partial charge in [0.05, 0.1) is 32.0 Å². The summed E-state index contributed by atoms with van der Waals surface area (Å²) in [6.45, 7) is 14.7. The third-order valence-electron chi connectivity index (χ3n) is 4.47. The summed E-state index contributed by atoms with van der Waals surface area (Å²) in [4.78, 5) is 2.09. The summed E-state index contributed by atoms with van der Waals surface area (Å²) in [5.74, 6) is 0. The van der Waals surface area contributed by atoms with Gasteiger partial charge in [-0.1, -0.05) is 65.0 Å². The number of likely N-dealkylation sites (N-methyl/N-ethyl adjacent to an activating group) is 1. The molecule has 0 bridgehead atoms. The summed E-state index contributed by atoms with van der Waals surface area (Å²) in [6.07, 6.45) is 3.01. The number of benzene rings is 1. The molecule has 5 heteroatoms. The minimum absolute atomic E-state index is 0.588. The van der Waals surface area contributed by atoms with Crippen LogP contribution < -0.4 is 0 Å². The molecule has 0 saturated carbocycles. The Balaban J connectivity index is 0. The summed E-state index contributed by atoms with van der Waals surface area (Å²) in [6, 6.07) is 10.1. The zero-order valence-corrected chi connectivity index (χ0v) is 20.8. The van der Waals surface area contributed by atoms with Crippen molar-refractivity contribution in [3.63, 3.8) is 0 Å². The van der Waals surface area contributed by atoms with Gasteiger partial charge in [0.2, 0.25) is 0 Å². The van der Waals surface area contributed by atoms with Crippen LogP contribution in [0.4, 0.5) is 0 Å². The van der Waals surface area contributed by atoms with Crippen molar-refractivity contribution >= 4 is 0 Å². The molecule has 0 radical (unpaired) electrons.